The highest BCUT2D eigenvalue weighted by atomic mass is 16.5. The molecule has 0 aliphatic rings. The molecular weight excluding hydrogens is 180 g/mol. The number of hydrogen-bond donors (Lipinski definition) is 0. The first-order valence-corrected chi connectivity index (χ1v) is 5.31. The summed E-state index contributed by atoms with van der Waals surface area (Å²) in [5.41, 5.74) is 0. The highest BCUT2D eigenvalue weighted by Crippen LogP contribution is 2.03. The van der Waals surface area contributed by atoms with E-state index in [0.29, 0.717) is 13.0 Å². The lowest BCUT2D eigenvalue weighted by Crippen LogP contribution is -2.04. The first-order chi connectivity index (χ1) is 6.66. The Balaban J connectivity index is 3.03. The van der Waals surface area contributed by atoms with Gasteiger partial charge in [0.05, 0.1) is 7.11 Å². The predicted molar refractivity (Wildman–Crippen MR) is 56.1 cm³/mol. The zero-order valence-electron chi connectivity index (χ0n) is 9.54. The quantitative estimate of drug-likeness (QED) is 0.448. The van der Waals surface area contributed by atoms with E-state index in [1.54, 1.807) is 0 Å². The number of ether oxygens (including phenoxy) is 2. The molecule has 0 rings (SSSR count). The Morgan fingerprint density at radius 3 is 2.43 bits per heavy atom. The van der Waals surface area contributed by atoms with Gasteiger partial charge in [-0.05, 0) is 25.2 Å². The molecule has 0 saturated heterocycles. The Morgan fingerprint density at radius 1 is 1.21 bits per heavy atom. The monoisotopic (exact) mass is 202 g/mol. The lowest BCUT2D eigenvalue weighted by molar-refractivity contribution is -0.141. The van der Waals surface area contributed by atoms with Crippen LogP contribution < -0.4 is 0 Å². The van der Waals surface area contributed by atoms with Gasteiger partial charge in [0, 0.05) is 19.6 Å². The Kier molecular flexibility index (Phi) is 8.64. The smallest absolute Gasteiger partial charge is 0.305 e. The number of rotatable bonds is 8. The van der Waals surface area contributed by atoms with Crippen LogP contribution in [0.15, 0.2) is 0 Å². The fraction of sp³-hybridized carbons (Fsp3) is 0.909. The number of carbonyl (C=O) groups excluding carboxylic acids is 1. The lowest BCUT2D eigenvalue weighted by atomic mass is 10.1. The van der Waals surface area contributed by atoms with Crippen LogP contribution in [0.25, 0.3) is 0 Å². The van der Waals surface area contributed by atoms with Gasteiger partial charge in [-0.15, -0.1) is 0 Å². The molecule has 0 aromatic rings. The summed E-state index contributed by atoms with van der Waals surface area (Å²) in [6.07, 6.45) is 3.53. The van der Waals surface area contributed by atoms with Crippen LogP contribution >= 0.6 is 0 Å². The fourth-order valence-corrected chi connectivity index (χ4v) is 1.12. The van der Waals surface area contributed by atoms with Gasteiger partial charge in [-0.3, -0.25) is 4.79 Å². The van der Waals surface area contributed by atoms with E-state index in [-0.39, 0.29) is 5.97 Å². The van der Waals surface area contributed by atoms with E-state index >= 15 is 0 Å². The summed E-state index contributed by atoms with van der Waals surface area (Å²) in [6, 6.07) is 0. The van der Waals surface area contributed by atoms with Crippen LogP contribution in [0.5, 0.6) is 0 Å². The van der Waals surface area contributed by atoms with Gasteiger partial charge in [0.1, 0.15) is 0 Å². The maximum atomic E-state index is 10.7. The van der Waals surface area contributed by atoms with Crippen molar-refractivity contribution < 1.29 is 14.3 Å². The molecule has 0 radical (unpaired) electrons. The van der Waals surface area contributed by atoms with E-state index in [2.05, 4.69) is 18.6 Å². The van der Waals surface area contributed by atoms with Crippen molar-refractivity contribution >= 4 is 5.97 Å². The minimum atomic E-state index is -0.157. The standard InChI is InChI=1S/C11H22O3/c1-10(2)6-4-8-14-9-5-7-11(12)13-3/h10H,4-9H2,1-3H3. The Hall–Kier alpha value is -0.570. The van der Waals surface area contributed by atoms with E-state index < -0.39 is 0 Å². The summed E-state index contributed by atoms with van der Waals surface area (Å²) in [6.45, 7) is 5.88. The molecule has 0 atom stereocenters. The van der Waals surface area contributed by atoms with Crippen LogP contribution in [0.2, 0.25) is 0 Å². The van der Waals surface area contributed by atoms with Crippen LogP contribution in [0.1, 0.15) is 39.5 Å². The average Bonchev–Trinajstić information content (AvgIpc) is 2.15. The number of carbonyl (C=O) groups is 1. The highest BCUT2D eigenvalue weighted by Gasteiger charge is 1.99. The third kappa shape index (κ3) is 9.52. The molecular formula is C11H22O3. The van der Waals surface area contributed by atoms with Crippen molar-refractivity contribution in [3.63, 3.8) is 0 Å². The number of hydrogen-bond acceptors (Lipinski definition) is 3. The Labute approximate surface area is 86.8 Å². The second-order valence-corrected chi connectivity index (χ2v) is 3.83. The van der Waals surface area contributed by atoms with Crippen molar-refractivity contribution in [3.8, 4) is 0 Å². The molecule has 0 saturated carbocycles. The van der Waals surface area contributed by atoms with Crippen LogP contribution in [0.4, 0.5) is 0 Å². The van der Waals surface area contributed by atoms with Crippen molar-refractivity contribution in [1.29, 1.82) is 0 Å². The largest absolute Gasteiger partial charge is 0.469 e. The summed E-state index contributed by atoms with van der Waals surface area (Å²) in [5, 5.41) is 0. The molecule has 0 aliphatic carbocycles. The van der Waals surface area contributed by atoms with Gasteiger partial charge in [0.15, 0.2) is 0 Å². The van der Waals surface area contributed by atoms with Gasteiger partial charge in [0.25, 0.3) is 0 Å². The van der Waals surface area contributed by atoms with E-state index in [0.717, 1.165) is 25.4 Å². The second-order valence-electron chi connectivity index (χ2n) is 3.83. The minimum absolute atomic E-state index is 0.157. The molecule has 0 aliphatic heterocycles. The minimum Gasteiger partial charge on any atom is -0.469 e. The molecule has 3 nitrogen and oxygen atoms in total. The van der Waals surface area contributed by atoms with Crippen molar-refractivity contribution in [2.45, 2.75) is 39.5 Å². The van der Waals surface area contributed by atoms with E-state index in [4.69, 9.17) is 4.74 Å². The maximum absolute atomic E-state index is 10.7. The molecule has 3 heteroatoms. The molecule has 0 heterocycles. The van der Waals surface area contributed by atoms with Crippen LogP contribution in [0, 0.1) is 5.92 Å². The molecule has 0 unspecified atom stereocenters. The molecule has 0 aromatic heterocycles. The topological polar surface area (TPSA) is 35.5 Å². The molecule has 14 heavy (non-hydrogen) atoms. The third-order valence-electron chi connectivity index (χ3n) is 1.97. The van der Waals surface area contributed by atoms with Gasteiger partial charge in [0.2, 0.25) is 0 Å². The van der Waals surface area contributed by atoms with Crippen molar-refractivity contribution in [2.75, 3.05) is 20.3 Å². The number of methoxy groups -OCH3 is 1. The van der Waals surface area contributed by atoms with Crippen LogP contribution in [-0.4, -0.2) is 26.3 Å². The zero-order valence-corrected chi connectivity index (χ0v) is 9.54. The predicted octanol–water partition coefficient (Wildman–Crippen LogP) is 2.39. The van der Waals surface area contributed by atoms with Crippen molar-refractivity contribution in [1.82, 2.24) is 0 Å². The second kappa shape index (κ2) is 9.00. The van der Waals surface area contributed by atoms with Gasteiger partial charge in [-0.25, -0.2) is 0 Å². The fourth-order valence-electron chi connectivity index (χ4n) is 1.12. The average molecular weight is 202 g/mol. The SMILES string of the molecule is COC(=O)CCCOCCCC(C)C. The van der Waals surface area contributed by atoms with Crippen molar-refractivity contribution in [3.05, 3.63) is 0 Å². The summed E-state index contributed by atoms with van der Waals surface area (Å²) >= 11 is 0. The van der Waals surface area contributed by atoms with Crippen LogP contribution in [0.3, 0.4) is 0 Å². The Bertz CT molecular complexity index is 143. The normalized spacial score (nSPS) is 10.6. The Morgan fingerprint density at radius 2 is 1.86 bits per heavy atom. The van der Waals surface area contributed by atoms with E-state index in [1.807, 2.05) is 0 Å². The molecule has 0 spiro atoms. The summed E-state index contributed by atoms with van der Waals surface area (Å²) < 4.78 is 9.89. The van der Waals surface area contributed by atoms with Gasteiger partial charge < -0.3 is 9.47 Å². The zero-order chi connectivity index (χ0) is 10.8. The van der Waals surface area contributed by atoms with E-state index in [1.165, 1.54) is 13.5 Å². The molecule has 0 fully saturated rings. The molecule has 84 valence electrons. The summed E-state index contributed by atoms with van der Waals surface area (Å²) in [4.78, 5) is 10.7. The highest BCUT2D eigenvalue weighted by molar-refractivity contribution is 5.68. The van der Waals surface area contributed by atoms with Crippen molar-refractivity contribution in [2.24, 2.45) is 5.92 Å². The van der Waals surface area contributed by atoms with Gasteiger partial charge in [-0.2, -0.15) is 0 Å². The first-order valence-electron chi connectivity index (χ1n) is 5.31. The third-order valence-corrected chi connectivity index (χ3v) is 1.97. The lowest BCUT2D eigenvalue weighted by Gasteiger charge is -2.05. The molecule has 0 amide bonds. The molecule has 0 aromatic carbocycles. The van der Waals surface area contributed by atoms with E-state index in [9.17, 15) is 4.79 Å². The molecule has 0 N–H and O–H groups in total. The number of esters is 1. The summed E-state index contributed by atoms with van der Waals surface area (Å²) in [7, 11) is 1.41. The first kappa shape index (κ1) is 13.4. The van der Waals surface area contributed by atoms with Gasteiger partial charge >= 0.3 is 5.97 Å². The van der Waals surface area contributed by atoms with Crippen LogP contribution in [-0.2, 0) is 14.3 Å². The maximum Gasteiger partial charge on any atom is 0.305 e. The summed E-state index contributed by atoms with van der Waals surface area (Å²) in [5.74, 6) is 0.587. The molecule has 0 bridgehead atoms. The van der Waals surface area contributed by atoms with Gasteiger partial charge in [-0.1, -0.05) is 13.8 Å².